The van der Waals surface area contributed by atoms with Gasteiger partial charge in [-0.05, 0) is 48.7 Å². The molecule has 0 bridgehead atoms. The highest BCUT2D eigenvalue weighted by atomic mass is 32.2. The van der Waals surface area contributed by atoms with E-state index in [0.717, 1.165) is 4.90 Å². The van der Waals surface area contributed by atoms with Gasteiger partial charge >= 0.3 is 0 Å². The Kier molecular flexibility index (Phi) is 4.22. The fourth-order valence-electron chi connectivity index (χ4n) is 1.61. The summed E-state index contributed by atoms with van der Waals surface area (Å²) >= 11 is 1.63. The molecule has 0 spiro atoms. The van der Waals surface area contributed by atoms with E-state index in [1.54, 1.807) is 48.2 Å². The van der Waals surface area contributed by atoms with Gasteiger partial charge in [0.05, 0.1) is 11.6 Å². The Balaban J connectivity index is 2.13. The van der Waals surface area contributed by atoms with E-state index in [9.17, 15) is 4.79 Å². The number of hydrogen-bond acceptors (Lipinski definition) is 3. The first-order valence-electron chi connectivity index (χ1n) is 5.68. The van der Waals surface area contributed by atoms with Crippen molar-refractivity contribution in [3.63, 3.8) is 0 Å². The molecule has 1 amide bonds. The lowest BCUT2D eigenvalue weighted by Gasteiger charge is -2.06. The average molecular weight is 268 g/mol. The molecule has 0 fully saturated rings. The number of nitrogens with zero attached hydrogens (tertiary/aromatic N) is 1. The predicted molar refractivity (Wildman–Crippen MR) is 77.3 cm³/mol. The largest absolute Gasteiger partial charge is 0.322 e. The zero-order chi connectivity index (χ0) is 13.7. The molecule has 0 atom stereocenters. The normalized spacial score (nSPS) is 9.68. The van der Waals surface area contributed by atoms with Crippen molar-refractivity contribution in [3.05, 3.63) is 59.7 Å². The standard InChI is InChI=1S/C15H12N2OS/c1-19-14-7-5-12(6-8-14)15(18)17-13-4-2-3-11(9-13)10-16/h2-9H,1H3,(H,17,18). The molecule has 0 saturated heterocycles. The van der Waals surface area contributed by atoms with E-state index in [2.05, 4.69) is 5.32 Å². The molecule has 0 aromatic heterocycles. The zero-order valence-corrected chi connectivity index (χ0v) is 11.2. The summed E-state index contributed by atoms with van der Waals surface area (Å²) in [6.07, 6.45) is 1.99. The smallest absolute Gasteiger partial charge is 0.255 e. The molecule has 0 aliphatic carbocycles. The first-order valence-corrected chi connectivity index (χ1v) is 6.91. The molecular formula is C15H12N2OS. The molecule has 4 heteroatoms. The summed E-state index contributed by atoms with van der Waals surface area (Å²) in [6.45, 7) is 0. The Hall–Kier alpha value is -2.25. The van der Waals surface area contributed by atoms with Crippen molar-refractivity contribution < 1.29 is 4.79 Å². The van der Waals surface area contributed by atoms with Crippen LogP contribution in [0.5, 0.6) is 0 Å². The third-order valence-electron chi connectivity index (χ3n) is 2.60. The number of benzene rings is 2. The van der Waals surface area contributed by atoms with Crippen molar-refractivity contribution in [3.8, 4) is 6.07 Å². The van der Waals surface area contributed by atoms with Gasteiger partial charge in [-0.1, -0.05) is 6.07 Å². The lowest BCUT2D eigenvalue weighted by Crippen LogP contribution is -2.11. The molecule has 0 aliphatic heterocycles. The summed E-state index contributed by atoms with van der Waals surface area (Å²) in [4.78, 5) is 13.1. The monoisotopic (exact) mass is 268 g/mol. The van der Waals surface area contributed by atoms with Gasteiger partial charge in [0, 0.05) is 16.1 Å². The minimum Gasteiger partial charge on any atom is -0.322 e. The molecular weight excluding hydrogens is 256 g/mol. The topological polar surface area (TPSA) is 52.9 Å². The summed E-state index contributed by atoms with van der Waals surface area (Å²) in [5.74, 6) is -0.178. The Labute approximate surface area is 116 Å². The number of nitriles is 1. The molecule has 2 aromatic carbocycles. The molecule has 0 radical (unpaired) electrons. The van der Waals surface area contributed by atoms with E-state index in [-0.39, 0.29) is 5.91 Å². The fraction of sp³-hybridized carbons (Fsp3) is 0.0667. The molecule has 0 aliphatic rings. The van der Waals surface area contributed by atoms with E-state index >= 15 is 0 Å². The van der Waals surface area contributed by atoms with Gasteiger partial charge in [0.25, 0.3) is 5.91 Å². The van der Waals surface area contributed by atoms with Crippen molar-refractivity contribution in [1.82, 2.24) is 0 Å². The van der Waals surface area contributed by atoms with Crippen LogP contribution in [0.4, 0.5) is 5.69 Å². The van der Waals surface area contributed by atoms with Gasteiger partial charge in [-0.3, -0.25) is 4.79 Å². The number of thioether (sulfide) groups is 1. The average Bonchev–Trinajstić information content (AvgIpc) is 2.47. The second-order valence-corrected chi connectivity index (χ2v) is 4.75. The van der Waals surface area contributed by atoms with Gasteiger partial charge in [0.15, 0.2) is 0 Å². The number of carbonyl (C=O) groups is 1. The molecule has 1 N–H and O–H groups in total. The van der Waals surface area contributed by atoms with Crippen molar-refractivity contribution in [2.75, 3.05) is 11.6 Å². The van der Waals surface area contributed by atoms with E-state index < -0.39 is 0 Å². The number of rotatable bonds is 3. The quantitative estimate of drug-likeness (QED) is 0.866. The molecule has 2 aromatic rings. The van der Waals surface area contributed by atoms with E-state index in [4.69, 9.17) is 5.26 Å². The van der Waals surface area contributed by atoms with Crippen LogP contribution in [0.15, 0.2) is 53.4 Å². The number of nitrogens with one attached hydrogen (secondary N) is 1. The predicted octanol–water partition coefficient (Wildman–Crippen LogP) is 3.53. The molecule has 19 heavy (non-hydrogen) atoms. The van der Waals surface area contributed by atoms with Crippen LogP contribution in [-0.4, -0.2) is 12.2 Å². The Morgan fingerprint density at radius 2 is 1.95 bits per heavy atom. The molecule has 2 rings (SSSR count). The highest BCUT2D eigenvalue weighted by Gasteiger charge is 2.06. The Bertz CT molecular complexity index is 629. The maximum absolute atomic E-state index is 12.0. The van der Waals surface area contributed by atoms with Crippen LogP contribution in [0.3, 0.4) is 0 Å². The highest BCUT2D eigenvalue weighted by Crippen LogP contribution is 2.16. The van der Waals surface area contributed by atoms with Crippen molar-refractivity contribution in [2.24, 2.45) is 0 Å². The van der Waals surface area contributed by atoms with Gasteiger partial charge in [-0.25, -0.2) is 0 Å². The number of hydrogen-bond donors (Lipinski definition) is 1. The number of carbonyl (C=O) groups excluding carboxylic acids is 1. The maximum atomic E-state index is 12.0. The van der Waals surface area contributed by atoms with E-state index in [1.807, 2.05) is 24.5 Å². The van der Waals surface area contributed by atoms with Gasteiger partial charge in [0.2, 0.25) is 0 Å². The maximum Gasteiger partial charge on any atom is 0.255 e. The second kappa shape index (κ2) is 6.07. The van der Waals surface area contributed by atoms with Crippen molar-refractivity contribution in [1.29, 1.82) is 5.26 Å². The molecule has 0 unspecified atom stereocenters. The Morgan fingerprint density at radius 1 is 1.21 bits per heavy atom. The number of amides is 1. The second-order valence-electron chi connectivity index (χ2n) is 3.88. The van der Waals surface area contributed by atoms with E-state index in [0.29, 0.717) is 16.8 Å². The molecule has 0 heterocycles. The number of anilines is 1. The van der Waals surface area contributed by atoms with Crippen LogP contribution >= 0.6 is 11.8 Å². The Morgan fingerprint density at radius 3 is 2.58 bits per heavy atom. The van der Waals surface area contributed by atoms with Gasteiger partial charge in [-0.15, -0.1) is 11.8 Å². The highest BCUT2D eigenvalue weighted by molar-refractivity contribution is 7.98. The van der Waals surface area contributed by atoms with E-state index in [1.165, 1.54) is 0 Å². The summed E-state index contributed by atoms with van der Waals surface area (Å²) in [5.41, 5.74) is 1.74. The first kappa shape index (κ1) is 13.2. The zero-order valence-electron chi connectivity index (χ0n) is 10.4. The van der Waals surface area contributed by atoms with Crippen LogP contribution in [0.1, 0.15) is 15.9 Å². The first-order chi connectivity index (χ1) is 9.22. The summed E-state index contributed by atoms with van der Waals surface area (Å²) < 4.78 is 0. The fourth-order valence-corrected chi connectivity index (χ4v) is 2.02. The van der Waals surface area contributed by atoms with Crippen molar-refractivity contribution in [2.45, 2.75) is 4.90 Å². The van der Waals surface area contributed by atoms with Crippen LogP contribution in [0.25, 0.3) is 0 Å². The van der Waals surface area contributed by atoms with Gasteiger partial charge in [-0.2, -0.15) is 5.26 Å². The molecule has 94 valence electrons. The third kappa shape index (κ3) is 3.36. The lowest BCUT2D eigenvalue weighted by atomic mass is 10.2. The van der Waals surface area contributed by atoms with Crippen molar-refractivity contribution >= 4 is 23.4 Å². The summed E-state index contributed by atoms with van der Waals surface area (Å²) in [5, 5.41) is 11.6. The minimum atomic E-state index is -0.178. The molecule has 0 saturated carbocycles. The lowest BCUT2D eigenvalue weighted by molar-refractivity contribution is 0.102. The summed E-state index contributed by atoms with van der Waals surface area (Å²) in [7, 11) is 0. The van der Waals surface area contributed by atoms with Gasteiger partial charge < -0.3 is 5.32 Å². The van der Waals surface area contributed by atoms with Crippen LogP contribution in [0, 0.1) is 11.3 Å². The van der Waals surface area contributed by atoms with Crippen LogP contribution < -0.4 is 5.32 Å². The third-order valence-corrected chi connectivity index (χ3v) is 3.35. The van der Waals surface area contributed by atoms with Crippen LogP contribution in [-0.2, 0) is 0 Å². The SMILES string of the molecule is CSc1ccc(C(=O)Nc2cccc(C#N)c2)cc1. The summed E-state index contributed by atoms with van der Waals surface area (Å²) in [6, 6.07) is 16.3. The molecule has 3 nitrogen and oxygen atoms in total. The van der Waals surface area contributed by atoms with Gasteiger partial charge in [0.1, 0.15) is 0 Å². The van der Waals surface area contributed by atoms with Crippen LogP contribution in [0.2, 0.25) is 0 Å². The minimum absolute atomic E-state index is 0.178.